The fourth-order valence-corrected chi connectivity index (χ4v) is 5.67. The third-order valence-electron chi connectivity index (χ3n) is 9.04. The number of amides is 8. The second-order valence-electron chi connectivity index (χ2n) is 14.0. The van der Waals surface area contributed by atoms with Crippen LogP contribution < -0.4 is 37.6 Å². The van der Waals surface area contributed by atoms with Gasteiger partial charge in [-0.3, -0.25) is 38.4 Å². The van der Waals surface area contributed by atoms with Crippen LogP contribution in [0.25, 0.3) is 0 Å². The molecular formula is C34H56N10O8. The van der Waals surface area contributed by atoms with Gasteiger partial charge < -0.3 is 47.5 Å². The summed E-state index contributed by atoms with van der Waals surface area (Å²) in [6.07, 6.45) is 4.33. The van der Waals surface area contributed by atoms with Gasteiger partial charge in [-0.15, -0.1) is 0 Å². The molecule has 0 radical (unpaired) electrons. The standard InChI is InChI=1S/C34H56N10O8/c1-9-19(6)28(34(52)39-20(7)29(35)47)43-31(49)24-11-10-12-44(24)25(46)15-37-32(50)26(17(2)3)42-30(48)23(13-22-14-36-16-38-22)41-33(51)27(18(4)5)40-21(8)45/h14,16-20,23-24,26-28H,9-13,15H2,1-8H3,(H2,35,47)(H,36,38)(H,37,50)(H,39,52)(H,40,45)(H,41,51)(H,42,48)(H,43,49)/t19-,20-,23-,24+,26-,27-,28-/m0/s1. The molecule has 18 heteroatoms. The Bertz CT molecular complexity index is 1430. The van der Waals surface area contributed by atoms with E-state index in [0.29, 0.717) is 25.0 Å². The van der Waals surface area contributed by atoms with E-state index in [1.54, 1.807) is 34.6 Å². The molecular weight excluding hydrogens is 676 g/mol. The molecule has 1 aromatic rings. The maximum absolute atomic E-state index is 13.6. The van der Waals surface area contributed by atoms with Gasteiger partial charge in [-0.2, -0.15) is 0 Å². The first-order chi connectivity index (χ1) is 24.4. The second kappa shape index (κ2) is 20.1. The number of carbonyl (C=O) groups excluding carboxylic acids is 8. The maximum Gasteiger partial charge on any atom is 0.243 e. The summed E-state index contributed by atoms with van der Waals surface area (Å²) in [4.78, 5) is 111. The smallest absolute Gasteiger partial charge is 0.243 e. The van der Waals surface area contributed by atoms with Gasteiger partial charge >= 0.3 is 0 Å². The molecule has 1 fully saturated rings. The molecule has 1 aliphatic rings. The summed E-state index contributed by atoms with van der Waals surface area (Å²) in [5, 5.41) is 15.8. The topological polar surface area (TPSA) is 267 Å². The number of likely N-dealkylation sites (tertiary alicyclic amines) is 1. The van der Waals surface area contributed by atoms with E-state index in [2.05, 4.69) is 41.9 Å². The average molecular weight is 733 g/mol. The molecule has 0 aliphatic carbocycles. The Morgan fingerprint density at radius 1 is 0.846 bits per heavy atom. The number of hydrogen-bond donors (Lipinski definition) is 8. The Morgan fingerprint density at radius 3 is 2.00 bits per heavy atom. The lowest BCUT2D eigenvalue weighted by Crippen LogP contribution is -2.59. The van der Waals surface area contributed by atoms with Crippen LogP contribution >= 0.6 is 0 Å². The van der Waals surface area contributed by atoms with E-state index < -0.39 is 96.0 Å². The largest absolute Gasteiger partial charge is 0.368 e. The number of hydrogen-bond acceptors (Lipinski definition) is 9. The van der Waals surface area contributed by atoms with Crippen molar-refractivity contribution in [3.63, 3.8) is 0 Å². The number of primary amides is 1. The third-order valence-corrected chi connectivity index (χ3v) is 9.04. The van der Waals surface area contributed by atoms with E-state index in [1.807, 2.05) is 6.92 Å². The van der Waals surface area contributed by atoms with Crippen LogP contribution in [0.2, 0.25) is 0 Å². The summed E-state index contributed by atoms with van der Waals surface area (Å²) < 4.78 is 0. The number of rotatable bonds is 19. The zero-order valence-corrected chi connectivity index (χ0v) is 31.3. The van der Waals surface area contributed by atoms with Gasteiger partial charge in [-0.05, 0) is 37.5 Å². The van der Waals surface area contributed by atoms with Gasteiger partial charge in [0.05, 0.1) is 12.9 Å². The Kier molecular flexibility index (Phi) is 16.7. The Morgan fingerprint density at radius 2 is 1.46 bits per heavy atom. The van der Waals surface area contributed by atoms with Crippen LogP contribution in [-0.4, -0.2) is 111 Å². The van der Waals surface area contributed by atoms with Crippen molar-refractivity contribution in [3.05, 3.63) is 18.2 Å². The molecule has 1 aromatic heterocycles. The first-order valence-electron chi connectivity index (χ1n) is 17.7. The number of nitrogens with zero attached hydrogens (tertiary/aromatic N) is 2. The number of carbonyl (C=O) groups is 8. The zero-order chi connectivity index (χ0) is 39.3. The van der Waals surface area contributed by atoms with Crippen molar-refractivity contribution in [1.82, 2.24) is 46.8 Å². The van der Waals surface area contributed by atoms with Gasteiger partial charge in [-0.25, -0.2) is 4.98 Å². The summed E-state index contributed by atoms with van der Waals surface area (Å²) in [5.41, 5.74) is 5.81. The molecule has 2 heterocycles. The fourth-order valence-electron chi connectivity index (χ4n) is 5.67. The predicted molar refractivity (Wildman–Crippen MR) is 189 cm³/mol. The highest BCUT2D eigenvalue weighted by Gasteiger charge is 2.38. The van der Waals surface area contributed by atoms with Crippen LogP contribution in [0.15, 0.2) is 12.5 Å². The quantitative estimate of drug-likeness (QED) is 0.0810. The second-order valence-corrected chi connectivity index (χ2v) is 14.0. The van der Waals surface area contributed by atoms with Crippen LogP contribution in [-0.2, 0) is 44.8 Å². The van der Waals surface area contributed by atoms with E-state index in [0.717, 1.165) is 0 Å². The number of nitrogens with one attached hydrogen (secondary N) is 7. The minimum absolute atomic E-state index is 0.00944. The lowest BCUT2D eigenvalue weighted by Gasteiger charge is -2.29. The number of aromatic amines is 1. The van der Waals surface area contributed by atoms with E-state index in [-0.39, 0.29) is 24.8 Å². The van der Waals surface area contributed by atoms with Gasteiger partial charge in [0.15, 0.2) is 0 Å². The molecule has 2 rings (SSSR count). The predicted octanol–water partition coefficient (Wildman–Crippen LogP) is -1.63. The minimum Gasteiger partial charge on any atom is -0.368 e. The van der Waals surface area contributed by atoms with Gasteiger partial charge in [0.2, 0.25) is 47.3 Å². The average Bonchev–Trinajstić information content (AvgIpc) is 3.78. The molecule has 0 bridgehead atoms. The van der Waals surface area contributed by atoms with E-state index in [9.17, 15) is 38.4 Å². The Labute approximate surface area is 304 Å². The van der Waals surface area contributed by atoms with Gasteiger partial charge in [0.1, 0.15) is 36.3 Å². The van der Waals surface area contributed by atoms with Gasteiger partial charge in [0, 0.05) is 31.8 Å². The molecule has 0 unspecified atom stereocenters. The molecule has 9 N–H and O–H groups in total. The van der Waals surface area contributed by atoms with E-state index in [1.165, 1.54) is 31.3 Å². The van der Waals surface area contributed by atoms with Gasteiger partial charge in [0.25, 0.3) is 0 Å². The number of nitrogens with two attached hydrogens (primary N) is 1. The Hall–Kier alpha value is -5.03. The van der Waals surface area contributed by atoms with Crippen LogP contribution in [0.3, 0.4) is 0 Å². The molecule has 1 aliphatic heterocycles. The zero-order valence-electron chi connectivity index (χ0n) is 31.3. The van der Waals surface area contributed by atoms with Gasteiger partial charge in [-0.1, -0.05) is 48.0 Å². The first kappa shape index (κ1) is 43.1. The van der Waals surface area contributed by atoms with Crippen molar-refractivity contribution in [3.8, 4) is 0 Å². The monoisotopic (exact) mass is 732 g/mol. The molecule has 0 aromatic carbocycles. The third kappa shape index (κ3) is 12.6. The van der Waals surface area contributed by atoms with Crippen molar-refractivity contribution < 1.29 is 38.4 Å². The van der Waals surface area contributed by atoms with Crippen LogP contribution in [0.1, 0.15) is 80.3 Å². The van der Waals surface area contributed by atoms with E-state index in [4.69, 9.17) is 5.73 Å². The summed E-state index contributed by atoms with van der Waals surface area (Å²) in [7, 11) is 0. The number of aromatic nitrogens is 2. The molecule has 18 nitrogen and oxygen atoms in total. The molecule has 0 saturated carbocycles. The lowest BCUT2D eigenvalue weighted by molar-refractivity contribution is -0.140. The number of imidazole rings is 1. The van der Waals surface area contributed by atoms with Crippen LogP contribution in [0, 0.1) is 17.8 Å². The molecule has 8 amide bonds. The molecule has 0 spiro atoms. The summed E-state index contributed by atoms with van der Waals surface area (Å²) in [5.74, 6) is -5.71. The Balaban J connectivity index is 2.12. The molecule has 290 valence electrons. The maximum atomic E-state index is 13.6. The molecule has 52 heavy (non-hydrogen) atoms. The summed E-state index contributed by atoms with van der Waals surface area (Å²) in [6.45, 7) is 13.0. The molecule has 1 saturated heterocycles. The minimum atomic E-state index is -1.15. The van der Waals surface area contributed by atoms with Crippen LogP contribution in [0.5, 0.6) is 0 Å². The molecule has 7 atom stereocenters. The van der Waals surface area contributed by atoms with Crippen molar-refractivity contribution in [1.29, 1.82) is 0 Å². The first-order valence-corrected chi connectivity index (χ1v) is 17.7. The highest BCUT2D eigenvalue weighted by Crippen LogP contribution is 2.19. The SMILES string of the molecule is CC[C@H](C)[C@H](NC(=O)[C@H]1CCCN1C(=O)CNC(=O)[C@@H](NC(=O)[C@H](Cc1cnc[nH]1)NC(=O)[C@@H](NC(C)=O)C(C)C)C(C)C)C(=O)N[C@@H](C)C(N)=O. The normalized spacial score (nSPS) is 17.6. The van der Waals surface area contributed by atoms with Crippen molar-refractivity contribution in [2.75, 3.05) is 13.1 Å². The highest BCUT2D eigenvalue weighted by molar-refractivity contribution is 5.97. The lowest BCUT2D eigenvalue weighted by atomic mass is 9.97. The summed E-state index contributed by atoms with van der Waals surface area (Å²) in [6, 6.07) is -5.98. The highest BCUT2D eigenvalue weighted by atomic mass is 16.2. The summed E-state index contributed by atoms with van der Waals surface area (Å²) >= 11 is 0. The van der Waals surface area contributed by atoms with Crippen molar-refractivity contribution in [2.45, 2.75) is 117 Å². The van der Waals surface area contributed by atoms with Crippen molar-refractivity contribution >= 4 is 47.3 Å². The van der Waals surface area contributed by atoms with Crippen LogP contribution in [0.4, 0.5) is 0 Å². The van der Waals surface area contributed by atoms with Crippen molar-refractivity contribution in [2.24, 2.45) is 23.5 Å². The van der Waals surface area contributed by atoms with E-state index >= 15 is 0 Å². The fraction of sp³-hybridized carbons (Fsp3) is 0.676. The number of H-pyrrole nitrogens is 1.